The van der Waals surface area contributed by atoms with Crippen LogP contribution >= 0.6 is 22.6 Å². The molecule has 0 radical (unpaired) electrons. The van der Waals surface area contributed by atoms with Crippen molar-refractivity contribution in [2.75, 3.05) is 0 Å². The molecule has 0 unspecified atom stereocenters. The molecule has 0 saturated carbocycles. The van der Waals surface area contributed by atoms with Gasteiger partial charge in [0.2, 0.25) is 5.88 Å². The van der Waals surface area contributed by atoms with Crippen molar-refractivity contribution in [1.82, 2.24) is 9.97 Å². The van der Waals surface area contributed by atoms with Crippen molar-refractivity contribution in [3.05, 3.63) is 50.1 Å². The third kappa shape index (κ3) is 2.78. The number of nitrogens with zero attached hydrogens (tertiary/aromatic N) is 1. The number of aromatic nitrogens is 2. The molecule has 1 aromatic heterocycles. The van der Waals surface area contributed by atoms with E-state index < -0.39 is 11.6 Å². The first-order valence-electron chi connectivity index (χ1n) is 4.43. The second kappa shape index (κ2) is 4.78. The standard InChI is InChI=1S/C10H5F2IN2O2/c11-5-1-6(12)3-7(2-5)17-10-8(13)9(16)14-4-15-10/h1-4H,(H,14,15,16). The summed E-state index contributed by atoms with van der Waals surface area (Å²) >= 11 is 1.73. The molecule has 0 aliphatic carbocycles. The van der Waals surface area contributed by atoms with Crippen LogP contribution < -0.4 is 10.3 Å². The van der Waals surface area contributed by atoms with Crippen molar-refractivity contribution >= 4 is 22.6 Å². The van der Waals surface area contributed by atoms with Crippen molar-refractivity contribution in [2.24, 2.45) is 0 Å². The number of rotatable bonds is 2. The summed E-state index contributed by atoms with van der Waals surface area (Å²) in [5, 5.41) is 0. The van der Waals surface area contributed by atoms with Crippen molar-refractivity contribution in [2.45, 2.75) is 0 Å². The van der Waals surface area contributed by atoms with Gasteiger partial charge in [-0.25, -0.2) is 13.8 Å². The third-order valence-electron chi connectivity index (χ3n) is 1.82. The number of hydrogen-bond donors (Lipinski definition) is 1. The average molecular weight is 350 g/mol. The predicted octanol–water partition coefficient (Wildman–Crippen LogP) is 2.45. The molecule has 2 aromatic rings. The highest BCUT2D eigenvalue weighted by Crippen LogP contribution is 2.23. The van der Waals surface area contributed by atoms with Gasteiger partial charge >= 0.3 is 0 Å². The van der Waals surface area contributed by atoms with E-state index in [1.165, 1.54) is 0 Å². The quantitative estimate of drug-likeness (QED) is 0.847. The lowest BCUT2D eigenvalue weighted by atomic mass is 10.3. The maximum absolute atomic E-state index is 12.9. The van der Waals surface area contributed by atoms with E-state index in [-0.39, 0.29) is 20.8 Å². The maximum Gasteiger partial charge on any atom is 0.268 e. The normalized spacial score (nSPS) is 10.3. The lowest BCUT2D eigenvalue weighted by Crippen LogP contribution is -2.11. The highest BCUT2D eigenvalue weighted by molar-refractivity contribution is 14.1. The zero-order chi connectivity index (χ0) is 12.4. The largest absolute Gasteiger partial charge is 0.437 e. The third-order valence-corrected chi connectivity index (χ3v) is 2.77. The van der Waals surface area contributed by atoms with Crippen LogP contribution in [0.1, 0.15) is 0 Å². The smallest absolute Gasteiger partial charge is 0.268 e. The van der Waals surface area contributed by atoms with Gasteiger partial charge in [-0.05, 0) is 22.6 Å². The Morgan fingerprint density at radius 3 is 2.53 bits per heavy atom. The molecule has 1 heterocycles. The molecule has 1 aromatic carbocycles. The molecule has 2 rings (SSSR count). The summed E-state index contributed by atoms with van der Waals surface area (Å²) in [7, 11) is 0. The number of aromatic amines is 1. The van der Waals surface area contributed by atoms with Crippen LogP contribution in [-0.4, -0.2) is 9.97 Å². The summed E-state index contributed by atoms with van der Waals surface area (Å²) in [5.41, 5.74) is -0.382. The van der Waals surface area contributed by atoms with Gasteiger partial charge in [-0.3, -0.25) is 4.79 Å². The van der Waals surface area contributed by atoms with Crippen molar-refractivity contribution in [1.29, 1.82) is 0 Å². The molecule has 1 N–H and O–H groups in total. The fourth-order valence-corrected chi connectivity index (χ4v) is 1.54. The highest BCUT2D eigenvalue weighted by atomic mass is 127. The molecule has 88 valence electrons. The molecule has 0 amide bonds. The number of halogens is 3. The molecule has 4 nitrogen and oxygen atoms in total. The highest BCUT2D eigenvalue weighted by Gasteiger charge is 2.09. The van der Waals surface area contributed by atoms with Crippen LogP contribution in [-0.2, 0) is 0 Å². The Labute approximate surface area is 108 Å². The van der Waals surface area contributed by atoms with Crippen LogP contribution in [0.15, 0.2) is 29.3 Å². The molecule has 17 heavy (non-hydrogen) atoms. The SMILES string of the molecule is O=c1[nH]cnc(Oc2cc(F)cc(F)c2)c1I. The Hall–Kier alpha value is -1.51. The molecule has 0 fully saturated rings. The lowest BCUT2D eigenvalue weighted by molar-refractivity contribution is 0.445. The van der Waals surface area contributed by atoms with Crippen molar-refractivity contribution in [3.8, 4) is 11.6 Å². The minimum Gasteiger partial charge on any atom is -0.437 e. The van der Waals surface area contributed by atoms with Gasteiger partial charge in [0.1, 0.15) is 21.0 Å². The Kier molecular flexibility index (Phi) is 3.36. The molecule has 0 atom stereocenters. The van der Waals surface area contributed by atoms with Crippen LogP contribution in [0.25, 0.3) is 0 Å². The molecular weight excluding hydrogens is 345 g/mol. The molecule has 0 aliphatic heterocycles. The first-order chi connectivity index (χ1) is 8.06. The van der Waals surface area contributed by atoms with Gasteiger partial charge in [0.25, 0.3) is 5.56 Å². The first kappa shape index (κ1) is 12.0. The van der Waals surface area contributed by atoms with Crippen LogP contribution in [0, 0.1) is 15.2 Å². The van der Waals surface area contributed by atoms with Crippen molar-refractivity contribution < 1.29 is 13.5 Å². The second-order valence-electron chi connectivity index (χ2n) is 3.06. The first-order valence-corrected chi connectivity index (χ1v) is 5.51. The molecule has 0 saturated heterocycles. The Morgan fingerprint density at radius 2 is 1.88 bits per heavy atom. The Morgan fingerprint density at radius 1 is 1.24 bits per heavy atom. The number of benzene rings is 1. The average Bonchev–Trinajstić information content (AvgIpc) is 2.23. The van der Waals surface area contributed by atoms with E-state index in [9.17, 15) is 13.6 Å². The van der Waals surface area contributed by atoms with Gasteiger partial charge in [0.05, 0.1) is 6.33 Å². The fourth-order valence-electron chi connectivity index (χ4n) is 1.14. The summed E-state index contributed by atoms with van der Waals surface area (Å²) in [6, 6.07) is 2.73. The Balaban J connectivity index is 2.38. The topological polar surface area (TPSA) is 55.0 Å². The van der Waals surface area contributed by atoms with Crippen molar-refractivity contribution in [3.63, 3.8) is 0 Å². The van der Waals surface area contributed by atoms with Gasteiger partial charge in [-0.2, -0.15) is 0 Å². The summed E-state index contributed by atoms with van der Waals surface area (Å²) in [6.07, 6.45) is 1.15. The van der Waals surface area contributed by atoms with E-state index in [1.54, 1.807) is 22.6 Å². The van der Waals surface area contributed by atoms with E-state index in [0.29, 0.717) is 0 Å². The lowest BCUT2D eigenvalue weighted by Gasteiger charge is -2.05. The van der Waals surface area contributed by atoms with Gasteiger partial charge in [-0.1, -0.05) is 0 Å². The van der Waals surface area contributed by atoms with Gasteiger partial charge in [-0.15, -0.1) is 0 Å². The van der Waals surface area contributed by atoms with Gasteiger partial charge < -0.3 is 9.72 Å². The van der Waals surface area contributed by atoms with Crippen LogP contribution in [0.3, 0.4) is 0 Å². The number of nitrogens with one attached hydrogen (secondary N) is 1. The van der Waals surface area contributed by atoms with E-state index >= 15 is 0 Å². The van der Waals surface area contributed by atoms with Crippen LogP contribution in [0.5, 0.6) is 11.6 Å². The van der Waals surface area contributed by atoms with E-state index in [4.69, 9.17) is 4.74 Å². The molecule has 0 aliphatic rings. The number of H-pyrrole nitrogens is 1. The van der Waals surface area contributed by atoms with E-state index in [1.807, 2.05) is 0 Å². The minimum atomic E-state index is -0.764. The number of hydrogen-bond acceptors (Lipinski definition) is 3. The van der Waals surface area contributed by atoms with Gasteiger partial charge in [0, 0.05) is 18.2 Å². The fraction of sp³-hybridized carbons (Fsp3) is 0. The summed E-state index contributed by atoms with van der Waals surface area (Å²) in [6.45, 7) is 0. The number of ether oxygens (including phenoxy) is 1. The Bertz CT molecular complexity index is 595. The zero-order valence-corrected chi connectivity index (χ0v) is 10.4. The molecule has 0 spiro atoms. The molecule has 7 heteroatoms. The molecule has 0 bridgehead atoms. The zero-order valence-electron chi connectivity index (χ0n) is 8.21. The van der Waals surface area contributed by atoms with Crippen LogP contribution in [0.4, 0.5) is 8.78 Å². The summed E-state index contributed by atoms with van der Waals surface area (Å²) in [4.78, 5) is 17.3. The van der Waals surface area contributed by atoms with E-state index in [2.05, 4.69) is 9.97 Å². The second-order valence-corrected chi connectivity index (χ2v) is 4.14. The van der Waals surface area contributed by atoms with Gasteiger partial charge in [0.15, 0.2) is 0 Å². The van der Waals surface area contributed by atoms with E-state index in [0.717, 1.165) is 24.5 Å². The molecular formula is C10H5F2IN2O2. The minimum absolute atomic E-state index is 0.000602. The monoisotopic (exact) mass is 350 g/mol. The summed E-state index contributed by atoms with van der Waals surface area (Å²) in [5.74, 6) is -1.59. The maximum atomic E-state index is 12.9. The summed E-state index contributed by atoms with van der Waals surface area (Å²) < 4.78 is 31.1. The predicted molar refractivity (Wildman–Crippen MR) is 64.0 cm³/mol. The van der Waals surface area contributed by atoms with Crippen LogP contribution in [0.2, 0.25) is 0 Å².